The van der Waals surface area contributed by atoms with Crippen LogP contribution >= 0.6 is 23.2 Å². The van der Waals surface area contributed by atoms with Gasteiger partial charge in [-0.05, 0) is 36.8 Å². The van der Waals surface area contributed by atoms with E-state index in [0.717, 1.165) is 16.4 Å². The Bertz CT molecular complexity index is 526. The summed E-state index contributed by atoms with van der Waals surface area (Å²) in [5.74, 6) is 0.881. The third kappa shape index (κ3) is 2.95. The Morgan fingerprint density at radius 2 is 1.89 bits per heavy atom. The summed E-state index contributed by atoms with van der Waals surface area (Å²) < 4.78 is 0. The van der Waals surface area contributed by atoms with E-state index in [4.69, 9.17) is 23.2 Å². The van der Waals surface area contributed by atoms with Crippen LogP contribution in [0.3, 0.4) is 0 Å². The molecule has 94 valence electrons. The number of pyridine rings is 1. The first-order valence-corrected chi connectivity index (χ1v) is 6.43. The average Bonchev–Trinajstić information content (AvgIpc) is 2.38. The highest BCUT2D eigenvalue weighted by Gasteiger charge is 2.13. The van der Waals surface area contributed by atoms with Crippen LogP contribution in [0.25, 0.3) is 0 Å². The maximum Gasteiger partial charge on any atom is 0.128 e. The van der Waals surface area contributed by atoms with Crippen molar-refractivity contribution in [3.05, 3.63) is 58.2 Å². The Morgan fingerprint density at radius 3 is 2.50 bits per heavy atom. The Kier molecular flexibility index (Phi) is 4.10. The molecule has 0 N–H and O–H groups in total. The van der Waals surface area contributed by atoms with E-state index in [2.05, 4.69) is 22.9 Å². The van der Waals surface area contributed by atoms with Gasteiger partial charge in [-0.2, -0.15) is 0 Å². The minimum atomic E-state index is 0.192. The number of hydrogen-bond donors (Lipinski definition) is 0. The molecule has 0 saturated carbocycles. The molecule has 1 unspecified atom stereocenters. The highest BCUT2D eigenvalue weighted by atomic mass is 35.5. The predicted octanol–water partition coefficient (Wildman–Crippen LogP) is 4.59. The zero-order valence-corrected chi connectivity index (χ0v) is 11.8. The van der Waals surface area contributed by atoms with E-state index in [1.54, 1.807) is 6.20 Å². The summed E-state index contributed by atoms with van der Waals surface area (Å²) in [5, 5.41) is 1.39. The molecule has 0 radical (unpaired) electrons. The molecule has 2 aromatic rings. The highest BCUT2D eigenvalue weighted by molar-refractivity contribution is 6.30. The second-order valence-corrected chi connectivity index (χ2v) is 5.05. The van der Waals surface area contributed by atoms with Crippen molar-refractivity contribution >= 4 is 29.0 Å². The van der Waals surface area contributed by atoms with E-state index in [9.17, 15) is 0 Å². The molecule has 0 saturated heterocycles. The molecule has 2 rings (SSSR count). The second-order valence-electron chi connectivity index (χ2n) is 4.18. The number of benzene rings is 1. The first-order valence-electron chi connectivity index (χ1n) is 5.68. The Labute approximate surface area is 117 Å². The third-order valence-corrected chi connectivity index (χ3v) is 3.44. The molecule has 1 heterocycles. The maximum absolute atomic E-state index is 6.01. The molecule has 0 aliphatic carbocycles. The number of aromatic nitrogens is 1. The van der Waals surface area contributed by atoms with Crippen molar-refractivity contribution in [2.75, 3.05) is 11.9 Å². The summed E-state index contributed by atoms with van der Waals surface area (Å²) in [6.45, 7) is 2.11. The van der Waals surface area contributed by atoms with Crippen molar-refractivity contribution < 1.29 is 0 Å². The highest BCUT2D eigenvalue weighted by Crippen LogP contribution is 2.25. The first-order chi connectivity index (χ1) is 8.58. The van der Waals surface area contributed by atoms with Gasteiger partial charge in [0, 0.05) is 18.3 Å². The van der Waals surface area contributed by atoms with E-state index < -0.39 is 0 Å². The normalized spacial score (nSPS) is 12.2. The first kappa shape index (κ1) is 13.2. The van der Waals surface area contributed by atoms with Crippen LogP contribution in [0.15, 0.2) is 42.6 Å². The molecule has 0 spiro atoms. The summed E-state index contributed by atoms with van der Waals surface area (Å²) in [6.07, 6.45) is 1.65. The molecular weight excluding hydrogens is 267 g/mol. The van der Waals surface area contributed by atoms with E-state index in [0.29, 0.717) is 5.02 Å². The largest absolute Gasteiger partial charge is 0.353 e. The lowest BCUT2D eigenvalue weighted by Crippen LogP contribution is -2.22. The minimum Gasteiger partial charge on any atom is -0.353 e. The molecule has 0 fully saturated rings. The predicted molar refractivity (Wildman–Crippen MR) is 77.5 cm³/mol. The molecule has 0 aliphatic heterocycles. The van der Waals surface area contributed by atoms with Crippen molar-refractivity contribution in [3.8, 4) is 0 Å². The molecule has 0 amide bonds. The van der Waals surface area contributed by atoms with E-state index in [1.807, 2.05) is 37.4 Å². The Morgan fingerprint density at radius 1 is 1.11 bits per heavy atom. The summed E-state index contributed by atoms with van der Waals surface area (Å²) in [5.41, 5.74) is 1.15. The third-order valence-electron chi connectivity index (χ3n) is 2.99. The number of halogens is 2. The van der Waals surface area contributed by atoms with Gasteiger partial charge in [0.25, 0.3) is 0 Å². The fraction of sp³-hybridized carbons (Fsp3) is 0.214. The maximum atomic E-state index is 6.01. The molecular formula is C14H14Cl2N2. The smallest absolute Gasteiger partial charge is 0.128 e. The zero-order chi connectivity index (χ0) is 13.1. The van der Waals surface area contributed by atoms with Crippen molar-refractivity contribution in [2.24, 2.45) is 0 Å². The Balaban J connectivity index is 2.23. The van der Waals surface area contributed by atoms with Crippen LogP contribution in [0.4, 0.5) is 5.82 Å². The second kappa shape index (κ2) is 5.59. The minimum absolute atomic E-state index is 0.192. The lowest BCUT2D eigenvalue weighted by Gasteiger charge is -2.26. The lowest BCUT2D eigenvalue weighted by atomic mass is 10.1. The van der Waals surface area contributed by atoms with Gasteiger partial charge in [-0.25, -0.2) is 4.98 Å². The molecule has 1 aromatic carbocycles. The number of hydrogen-bond acceptors (Lipinski definition) is 2. The number of anilines is 1. The summed E-state index contributed by atoms with van der Waals surface area (Å²) in [6, 6.07) is 11.8. The number of nitrogens with zero attached hydrogens (tertiary/aromatic N) is 2. The summed E-state index contributed by atoms with van der Waals surface area (Å²) in [4.78, 5) is 6.39. The summed E-state index contributed by atoms with van der Waals surface area (Å²) in [7, 11) is 2.00. The topological polar surface area (TPSA) is 16.1 Å². The van der Waals surface area contributed by atoms with Crippen LogP contribution in [0, 0.1) is 0 Å². The van der Waals surface area contributed by atoms with Gasteiger partial charge in [0.1, 0.15) is 5.82 Å². The number of rotatable bonds is 3. The van der Waals surface area contributed by atoms with Crippen molar-refractivity contribution in [1.29, 1.82) is 0 Å². The molecule has 2 nitrogen and oxygen atoms in total. The van der Waals surface area contributed by atoms with Crippen LogP contribution < -0.4 is 4.90 Å². The van der Waals surface area contributed by atoms with E-state index >= 15 is 0 Å². The zero-order valence-electron chi connectivity index (χ0n) is 10.3. The van der Waals surface area contributed by atoms with E-state index in [-0.39, 0.29) is 6.04 Å². The monoisotopic (exact) mass is 280 g/mol. The van der Waals surface area contributed by atoms with Crippen LogP contribution in [-0.2, 0) is 0 Å². The lowest BCUT2D eigenvalue weighted by molar-refractivity contribution is 0.729. The Hall–Kier alpha value is -1.25. The van der Waals surface area contributed by atoms with Crippen molar-refractivity contribution in [3.63, 3.8) is 0 Å². The molecule has 1 aromatic heterocycles. The van der Waals surface area contributed by atoms with Gasteiger partial charge in [-0.15, -0.1) is 0 Å². The molecule has 0 bridgehead atoms. The molecule has 4 heteroatoms. The quantitative estimate of drug-likeness (QED) is 0.818. The average molecular weight is 281 g/mol. The molecule has 0 aliphatic rings. The molecule has 18 heavy (non-hydrogen) atoms. The SMILES string of the molecule is CC(c1cccc(Cl)c1)N(C)c1ccc(Cl)cn1. The van der Waals surface area contributed by atoms with Gasteiger partial charge in [0.2, 0.25) is 0 Å². The fourth-order valence-corrected chi connectivity index (χ4v) is 2.08. The van der Waals surface area contributed by atoms with Gasteiger partial charge in [-0.1, -0.05) is 35.3 Å². The fourth-order valence-electron chi connectivity index (χ4n) is 1.77. The van der Waals surface area contributed by atoms with Crippen LogP contribution in [0.2, 0.25) is 10.0 Å². The van der Waals surface area contributed by atoms with Crippen molar-refractivity contribution in [1.82, 2.24) is 4.98 Å². The van der Waals surface area contributed by atoms with Crippen LogP contribution in [-0.4, -0.2) is 12.0 Å². The van der Waals surface area contributed by atoms with Gasteiger partial charge in [0.05, 0.1) is 11.1 Å². The van der Waals surface area contributed by atoms with Gasteiger partial charge in [0.15, 0.2) is 0 Å². The van der Waals surface area contributed by atoms with Crippen molar-refractivity contribution in [2.45, 2.75) is 13.0 Å². The van der Waals surface area contributed by atoms with Gasteiger partial charge < -0.3 is 4.90 Å². The van der Waals surface area contributed by atoms with Crippen LogP contribution in [0.5, 0.6) is 0 Å². The standard InChI is InChI=1S/C14H14Cl2N2/c1-10(11-4-3-5-12(15)8-11)18(2)14-7-6-13(16)9-17-14/h3-10H,1-2H3. The van der Waals surface area contributed by atoms with Crippen LogP contribution in [0.1, 0.15) is 18.5 Å². The van der Waals surface area contributed by atoms with Gasteiger partial charge >= 0.3 is 0 Å². The summed E-state index contributed by atoms with van der Waals surface area (Å²) >= 11 is 11.8. The van der Waals surface area contributed by atoms with E-state index in [1.165, 1.54) is 0 Å². The van der Waals surface area contributed by atoms with Gasteiger partial charge in [-0.3, -0.25) is 0 Å². The molecule has 1 atom stereocenters.